The highest BCUT2D eigenvalue weighted by molar-refractivity contribution is 7.80. The maximum absolute atomic E-state index is 4.38. The predicted octanol–water partition coefficient (Wildman–Crippen LogP) is 2.96. The van der Waals surface area contributed by atoms with Crippen molar-refractivity contribution in [3.05, 3.63) is 0 Å². The van der Waals surface area contributed by atoms with Gasteiger partial charge in [-0.2, -0.15) is 12.6 Å². The van der Waals surface area contributed by atoms with Crippen LogP contribution < -0.4 is 0 Å². The zero-order valence-corrected chi connectivity index (χ0v) is 10.9. The maximum Gasteiger partial charge on any atom is 0.0881 e. The maximum atomic E-state index is 4.38. The zero-order valence-electron chi connectivity index (χ0n) is 10.0. The van der Waals surface area contributed by atoms with Crippen LogP contribution in [0.3, 0.4) is 0 Å². The van der Waals surface area contributed by atoms with Gasteiger partial charge in [0.15, 0.2) is 0 Å². The molecular weight excluding hydrogens is 178 g/mol. The second-order valence-corrected chi connectivity index (χ2v) is 5.17. The van der Waals surface area contributed by atoms with E-state index >= 15 is 0 Å². The van der Waals surface area contributed by atoms with Crippen LogP contribution in [-0.4, -0.2) is 34.9 Å². The molecule has 0 radical (unpaired) electrons. The van der Waals surface area contributed by atoms with E-state index in [2.05, 4.69) is 54.2 Å². The number of thiol groups is 1. The highest BCUT2D eigenvalue weighted by atomic mass is 32.1. The van der Waals surface area contributed by atoms with Crippen molar-refractivity contribution in [2.75, 3.05) is 12.3 Å². The Hall–Kier alpha value is 0.310. The zero-order chi connectivity index (χ0) is 10.6. The molecule has 80 valence electrons. The second kappa shape index (κ2) is 5.26. The summed E-state index contributed by atoms with van der Waals surface area (Å²) in [5, 5.41) is 0. The average Bonchev–Trinajstić information content (AvgIpc) is 1.97. The monoisotopic (exact) mass is 204 g/mol. The Kier molecular flexibility index (Phi) is 5.38. The molecule has 0 aliphatic rings. The quantitative estimate of drug-likeness (QED) is 0.516. The number of hydrogen-bond acceptors (Lipinski definition) is 1. The largest absolute Gasteiger partial charge is 0.317 e. The molecule has 0 aliphatic carbocycles. The van der Waals surface area contributed by atoms with E-state index in [1.807, 2.05) is 0 Å². The minimum atomic E-state index is 0.687. The standard InChI is InChI=1S/C11H25NS/c1-9(2)12(7-8-13,10(3)4)11(5)6/h9-11H,7-8H2,1-6H3/p+1. The molecule has 0 saturated heterocycles. The van der Waals surface area contributed by atoms with Crippen molar-refractivity contribution in [3.8, 4) is 0 Å². The molecule has 0 aromatic heterocycles. The molecular formula is C11H26NS+. The van der Waals surface area contributed by atoms with Crippen LogP contribution in [0.25, 0.3) is 0 Å². The molecule has 0 aromatic rings. The van der Waals surface area contributed by atoms with E-state index in [1.165, 1.54) is 11.0 Å². The molecule has 0 amide bonds. The van der Waals surface area contributed by atoms with E-state index < -0.39 is 0 Å². The van der Waals surface area contributed by atoms with Gasteiger partial charge in [-0.25, -0.2) is 0 Å². The highest BCUT2D eigenvalue weighted by Gasteiger charge is 2.36. The fourth-order valence-corrected chi connectivity index (χ4v) is 3.08. The van der Waals surface area contributed by atoms with E-state index in [4.69, 9.17) is 0 Å². The van der Waals surface area contributed by atoms with Crippen molar-refractivity contribution >= 4 is 12.6 Å². The summed E-state index contributed by atoms with van der Waals surface area (Å²) in [5.74, 6) is 0.981. The molecule has 1 nitrogen and oxygen atoms in total. The first-order valence-electron chi connectivity index (χ1n) is 5.37. The van der Waals surface area contributed by atoms with Gasteiger partial charge in [-0.05, 0) is 41.5 Å². The Bertz CT molecular complexity index is 119. The Morgan fingerprint density at radius 3 is 1.23 bits per heavy atom. The van der Waals surface area contributed by atoms with Crippen LogP contribution in [0.15, 0.2) is 0 Å². The Morgan fingerprint density at radius 1 is 0.846 bits per heavy atom. The molecule has 0 aliphatic heterocycles. The summed E-state index contributed by atoms with van der Waals surface area (Å²) in [7, 11) is 0. The third kappa shape index (κ3) is 2.63. The molecule has 0 atom stereocenters. The molecule has 13 heavy (non-hydrogen) atoms. The number of hydrogen-bond donors (Lipinski definition) is 1. The Labute approximate surface area is 89.5 Å². The van der Waals surface area contributed by atoms with E-state index in [0.717, 1.165) is 5.75 Å². The van der Waals surface area contributed by atoms with Crippen LogP contribution in [0.4, 0.5) is 0 Å². The van der Waals surface area contributed by atoms with E-state index in [1.54, 1.807) is 0 Å². The van der Waals surface area contributed by atoms with E-state index in [9.17, 15) is 0 Å². The summed E-state index contributed by atoms with van der Waals surface area (Å²) < 4.78 is 1.18. The smallest absolute Gasteiger partial charge is 0.0881 e. The van der Waals surface area contributed by atoms with Crippen LogP contribution in [0, 0.1) is 0 Å². The minimum Gasteiger partial charge on any atom is -0.317 e. The summed E-state index contributed by atoms with van der Waals surface area (Å²) in [5.41, 5.74) is 0. The van der Waals surface area contributed by atoms with Crippen molar-refractivity contribution in [2.45, 2.75) is 59.7 Å². The second-order valence-electron chi connectivity index (χ2n) is 4.72. The van der Waals surface area contributed by atoms with Gasteiger partial charge < -0.3 is 4.48 Å². The van der Waals surface area contributed by atoms with Gasteiger partial charge in [0, 0.05) is 5.75 Å². The summed E-state index contributed by atoms with van der Waals surface area (Å²) >= 11 is 4.38. The third-order valence-electron chi connectivity index (χ3n) is 3.37. The van der Waals surface area contributed by atoms with Crippen LogP contribution in [0.2, 0.25) is 0 Å². The molecule has 0 unspecified atom stereocenters. The molecule has 0 fully saturated rings. The Balaban J connectivity index is 4.82. The average molecular weight is 204 g/mol. The molecule has 0 bridgehead atoms. The first-order chi connectivity index (χ1) is 5.89. The molecule has 0 spiro atoms. The van der Waals surface area contributed by atoms with Crippen molar-refractivity contribution in [2.24, 2.45) is 0 Å². The van der Waals surface area contributed by atoms with Gasteiger partial charge in [-0.15, -0.1) is 0 Å². The van der Waals surface area contributed by atoms with Crippen LogP contribution in [0.1, 0.15) is 41.5 Å². The lowest BCUT2D eigenvalue weighted by Gasteiger charge is -2.49. The molecule has 0 aromatic carbocycles. The van der Waals surface area contributed by atoms with Gasteiger partial charge in [-0.1, -0.05) is 0 Å². The predicted molar refractivity (Wildman–Crippen MR) is 64.4 cm³/mol. The van der Waals surface area contributed by atoms with Gasteiger partial charge in [0.05, 0.1) is 24.7 Å². The lowest BCUT2D eigenvalue weighted by Crippen LogP contribution is -2.62. The van der Waals surface area contributed by atoms with Crippen molar-refractivity contribution in [3.63, 3.8) is 0 Å². The summed E-state index contributed by atoms with van der Waals surface area (Å²) in [6, 6.07) is 2.06. The third-order valence-corrected chi connectivity index (χ3v) is 3.57. The molecule has 2 heteroatoms. The van der Waals surface area contributed by atoms with Gasteiger partial charge in [0.25, 0.3) is 0 Å². The fourth-order valence-electron chi connectivity index (χ4n) is 2.74. The normalized spacial score (nSPS) is 13.4. The number of rotatable bonds is 5. The van der Waals surface area contributed by atoms with Gasteiger partial charge >= 0.3 is 0 Å². The van der Waals surface area contributed by atoms with E-state index in [-0.39, 0.29) is 0 Å². The molecule has 0 N–H and O–H groups in total. The summed E-state index contributed by atoms with van der Waals surface area (Å²) in [4.78, 5) is 0. The molecule has 0 saturated carbocycles. The molecule has 0 heterocycles. The lowest BCUT2D eigenvalue weighted by molar-refractivity contribution is -0.983. The number of quaternary nitrogens is 1. The van der Waals surface area contributed by atoms with Crippen LogP contribution >= 0.6 is 12.6 Å². The first kappa shape index (κ1) is 13.3. The van der Waals surface area contributed by atoms with Crippen LogP contribution in [-0.2, 0) is 0 Å². The van der Waals surface area contributed by atoms with Gasteiger partial charge in [0.1, 0.15) is 0 Å². The van der Waals surface area contributed by atoms with Crippen molar-refractivity contribution in [1.29, 1.82) is 0 Å². The summed E-state index contributed by atoms with van der Waals surface area (Å²) in [6.45, 7) is 15.1. The first-order valence-corrected chi connectivity index (χ1v) is 6.00. The number of nitrogens with zero attached hydrogens (tertiary/aromatic N) is 1. The van der Waals surface area contributed by atoms with Crippen molar-refractivity contribution in [1.82, 2.24) is 0 Å². The molecule has 0 rings (SSSR count). The topological polar surface area (TPSA) is 0 Å². The SMILES string of the molecule is CC(C)[N+](CCS)(C(C)C)C(C)C. The van der Waals surface area contributed by atoms with E-state index in [0.29, 0.717) is 18.1 Å². The lowest BCUT2D eigenvalue weighted by atomic mass is 10.1. The summed E-state index contributed by atoms with van der Waals surface area (Å²) in [6.07, 6.45) is 0. The van der Waals surface area contributed by atoms with Gasteiger partial charge in [0.2, 0.25) is 0 Å². The fraction of sp³-hybridized carbons (Fsp3) is 1.00. The van der Waals surface area contributed by atoms with Gasteiger partial charge in [-0.3, -0.25) is 0 Å². The van der Waals surface area contributed by atoms with Crippen molar-refractivity contribution < 1.29 is 4.48 Å². The Morgan fingerprint density at radius 2 is 1.15 bits per heavy atom. The van der Waals surface area contributed by atoms with Crippen LogP contribution in [0.5, 0.6) is 0 Å². The minimum absolute atomic E-state index is 0.687. The highest BCUT2D eigenvalue weighted by Crippen LogP contribution is 2.24.